The van der Waals surface area contributed by atoms with E-state index in [2.05, 4.69) is 23.7 Å². The van der Waals surface area contributed by atoms with E-state index in [-0.39, 0.29) is 27.6 Å². The summed E-state index contributed by atoms with van der Waals surface area (Å²) >= 11 is -0.0494. The normalized spacial score (nSPS) is 17.6. The van der Waals surface area contributed by atoms with Crippen LogP contribution in [-0.2, 0) is 33.2 Å². The van der Waals surface area contributed by atoms with Crippen molar-refractivity contribution >= 4 is 23.9 Å². The predicted octanol–water partition coefficient (Wildman–Crippen LogP) is 5.11. The minimum Gasteiger partial charge on any atom is -0.361 e. The number of nitrogens with zero attached hydrogens (tertiary/aromatic N) is 1. The molecule has 0 aromatic rings. The minimum absolute atomic E-state index is 0.215. The predicted molar refractivity (Wildman–Crippen MR) is 101 cm³/mol. The second-order valence-electron chi connectivity index (χ2n) is 5.74. The average molecular weight is 601 g/mol. The maximum atomic E-state index is 13.1. The van der Waals surface area contributed by atoms with Gasteiger partial charge in [-0.15, -0.1) is 16.9 Å². The van der Waals surface area contributed by atoms with Crippen molar-refractivity contribution in [1.29, 1.82) is 0 Å². The Morgan fingerprint density at radius 3 is 1.92 bits per heavy atom. The second kappa shape index (κ2) is 15.9. The lowest BCUT2D eigenvalue weighted by molar-refractivity contribution is -0.515. The molecule has 36 heavy (non-hydrogen) atoms. The number of alkyl halides is 11. The van der Waals surface area contributed by atoms with Gasteiger partial charge in [0.15, 0.2) is 5.44 Å². The Morgan fingerprint density at radius 2 is 1.53 bits per heavy atom. The molecule has 0 saturated heterocycles. The van der Waals surface area contributed by atoms with Gasteiger partial charge in [0.05, 0.1) is 6.61 Å². The molecule has 3 unspecified atom stereocenters. The fourth-order valence-corrected chi connectivity index (χ4v) is 3.90. The highest BCUT2D eigenvalue weighted by Gasteiger charge is 2.57. The van der Waals surface area contributed by atoms with Crippen LogP contribution in [0.4, 0.5) is 48.3 Å². The third kappa shape index (κ3) is 12.9. The van der Waals surface area contributed by atoms with Crippen molar-refractivity contribution in [3.8, 4) is 0 Å². The molecule has 0 radical (unpaired) electrons. The Hall–Kier alpha value is -0.390. The number of hydrogen-bond donors (Lipinski definition) is 0. The summed E-state index contributed by atoms with van der Waals surface area (Å²) in [5, 5.41) is 0. The molecule has 3 atom stereocenters. The summed E-state index contributed by atoms with van der Waals surface area (Å²) in [7, 11) is 0.638. The molecule has 21 heteroatoms. The third-order valence-electron chi connectivity index (χ3n) is 3.11. The van der Waals surface area contributed by atoms with Crippen LogP contribution in [0.1, 0.15) is 6.92 Å². The number of methoxy groups -OCH3 is 1. The number of rotatable bonds is 19. The highest BCUT2D eigenvalue weighted by Crippen LogP contribution is 2.44. The van der Waals surface area contributed by atoms with Crippen molar-refractivity contribution in [3.05, 3.63) is 0 Å². The van der Waals surface area contributed by atoms with E-state index in [0.717, 1.165) is 13.2 Å². The maximum absolute atomic E-state index is 13.1. The zero-order valence-corrected chi connectivity index (χ0v) is 20.2. The average Bonchev–Trinajstić information content (AvgIpc) is 2.72. The van der Waals surface area contributed by atoms with Crippen LogP contribution in [0.25, 0.3) is 0 Å². The molecule has 0 saturated carbocycles. The Morgan fingerprint density at radius 1 is 0.917 bits per heavy atom. The SMILES string of the molecule is CCOC(OC(F)F)(OC(F)(F)F)C(OC)SN(SC)C(OCCF)(OCC(F)F)OCC(F)(F)F. The number of ether oxygens (including phenoxy) is 7. The Balaban J connectivity index is 6.56. The Bertz CT molecular complexity index is 609. The molecule has 0 aromatic heterocycles. The second-order valence-corrected chi connectivity index (χ2v) is 7.71. The minimum atomic E-state index is -5.70. The molecule has 0 heterocycles. The Kier molecular flexibility index (Phi) is 15.7. The monoisotopic (exact) mass is 601 g/mol. The smallest absolute Gasteiger partial charge is 0.361 e. The van der Waals surface area contributed by atoms with Gasteiger partial charge in [0.1, 0.15) is 19.9 Å². The van der Waals surface area contributed by atoms with Crippen LogP contribution in [0, 0.1) is 0 Å². The van der Waals surface area contributed by atoms with Gasteiger partial charge in [-0.2, -0.15) is 22.0 Å². The molecule has 8 nitrogen and oxygen atoms in total. The summed E-state index contributed by atoms with van der Waals surface area (Å²) in [6.07, 6.45) is -16.6. The standard InChI is InChI=1S/C15H22F11NO7S2/c1-4-29-13(33-11(19)20,34-14(24,25)26)10(28-2)36-27(35-3)15(30-6-5-16,31-7-9(17)18)32-8-12(21,22)23/h9-11H,4-8H2,1-3H3. The summed E-state index contributed by atoms with van der Waals surface area (Å²) in [5.74, 6) is -3.81. The molecule has 218 valence electrons. The van der Waals surface area contributed by atoms with Gasteiger partial charge in [0.25, 0.3) is 6.43 Å². The quantitative estimate of drug-likeness (QED) is 0.113. The maximum Gasteiger partial charge on any atom is 0.526 e. The third-order valence-corrected chi connectivity index (χ3v) is 5.46. The number of hydrogen-bond acceptors (Lipinski definition) is 10. The lowest BCUT2D eigenvalue weighted by Gasteiger charge is -2.43. The van der Waals surface area contributed by atoms with Gasteiger partial charge >= 0.3 is 31.2 Å². The van der Waals surface area contributed by atoms with Gasteiger partial charge < -0.3 is 23.7 Å². The van der Waals surface area contributed by atoms with Crippen molar-refractivity contribution in [3.63, 3.8) is 0 Å². The first-order valence-corrected chi connectivity index (χ1v) is 11.2. The van der Waals surface area contributed by atoms with Gasteiger partial charge in [-0.25, -0.2) is 17.9 Å². The first-order valence-electron chi connectivity index (χ1n) is 9.23. The van der Waals surface area contributed by atoms with E-state index in [1.807, 2.05) is 0 Å². The largest absolute Gasteiger partial charge is 0.526 e. The van der Waals surface area contributed by atoms with Crippen molar-refractivity contribution in [1.82, 2.24) is 3.71 Å². The van der Waals surface area contributed by atoms with Crippen LogP contribution in [-0.4, -0.2) is 93.3 Å². The lowest BCUT2D eigenvalue weighted by Crippen LogP contribution is -2.57. The van der Waals surface area contributed by atoms with Crippen molar-refractivity contribution < 1.29 is 81.5 Å². The fourth-order valence-electron chi connectivity index (χ4n) is 2.10. The molecule has 0 spiro atoms. The molecule has 0 fully saturated rings. The topological polar surface area (TPSA) is 67.9 Å². The van der Waals surface area contributed by atoms with Crippen LogP contribution in [0.3, 0.4) is 0 Å². The van der Waals surface area contributed by atoms with Crippen molar-refractivity contribution in [2.24, 2.45) is 0 Å². The van der Waals surface area contributed by atoms with Crippen LogP contribution in [0.15, 0.2) is 0 Å². The number of halogens is 11. The summed E-state index contributed by atoms with van der Waals surface area (Å²) < 4.78 is 173. The van der Waals surface area contributed by atoms with E-state index in [9.17, 15) is 48.3 Å². The molecule has 0 aliphatic heterocycles. The van der Waals surface area contributed by atoms with Crippen LogP contribution >= 0.6 is 23.9 Å². The first kappa shape index (κ1) is 35.6. The highest BCUT2D eigenvalue weighted by atomic mass is 32.2. The van der Waals surface area contributed by atoms with Crippen LogP contribution in [0.2, 0.25) is 0 Å². The van der Waals surface area contributed by atoms with E-state index in [0.29, 0.717) is 7.11 Å². The lowest BCUT2D eigenvalue weighted by atomic mass is 10.5. The zero-order chi connectivity index (χ0) is 28.2. The zero-order valence-electron chi connectivity index (χ0n) is 18.5. The molecule has 0 amide bonds. The van der Waals surface area contributed by atoms with Crippen molar-refractivity contribution in [2.45, 2.75) is 50.0 Å². The first-order chi connectivity index (χ1) is 16.5. The Labute approximate surface area is 206 Å². The van der Waals surface area contributed by atoms with Gasteiger partial charge in [-0.3, -0.25) is 4.74 Å². The summed E-state index contributed by atoms with van der Waals surface area (Å²) in [5.41, 5.74) is -2.50. The fraction of sp³-hybridized carbons (Fsp3) is 1.00. The van der Waals surface area contributed by atoms with Crippen LogP contribution in [0.5, 0.6) is 0 Å². The molecule has 0 N–H and O–H groups in total. The van der Waals surface area contributed by atoms with E-state index < -0.39 is 76.2 Å². The molecular weight excluding hydrogens is 579 g/mol. The van der Waals surface area contributed by atoms with Crippen LogP contribution < -0.4 is 0 Å². The molecule has 0 aliphatic carbocycles. The molecule has 0 rings (SSSR count). The van der Waals surface area contributed by atoms with Crippen molar-refractivity contribution in [2.75, 3.05) is 46.5 Å². The van der Waals surface area contributed by atoms with Gasteiger partial charge in [0, 0.05) is 13.7 Å². The summed E-state index contributed by atoms with van der Waals surface area (Å²) in [6.45, 7) is -10.2. The van der Waals surface area contributed by atoms with E-state index in [1.165, 1.54) is 0 Å². The van der Waals surface area contributed by atoms with E-state index in [1.54, 1.807) is 0 Å². The summed E-state index contributed by atoms with van der Waals surface area (Å²) in [6, 6.07) is 0. The molecule has 0 aliphatic rings. The highest BCUT2D eigenvalue weighted by molar-refractivity contribution is 8.12. The van der Waals surface area contributed by atoms with Gasteiger partial charge in [-0.05, 0) is 25.1 Å². The summed E-state index contributed by atoms with van der Waals surface area (Å²) in [4.78, 5) is 0. The molecular formula is C15H22F11NO7S2. The van der Waals surface area contributed by atoms with Gasteiger partial charge in [0.2, 0.25) is 0 Å². The molecule has 0 aromatic carbocycles. The van der Waals surface area contributed by atoms with Gasteiger partial charge in [-0.1, -0.05) is 11.9 Å². The van der Waals surface area contributed by atoms with E-state index >= 15 is 0 Å². The molecule has 0 bridgehead atoms. The van der Waals surface area contributed by atoms with E-state index in [4.69, 9.17) is 9.47 Å².